The van der Waals surface area contributed by atoms with Gasteiger partial charge in [0, 0.05) is 17.8 Å². The Morgan fingerprint density at radius 2 is 1.50 bits per heavy atom. The first-order chi connectivity index (χ1) is 11.2. The highest BCUT2D eigenvalue weighted by Crippen LogP contribution is 2.28. The van der Waals surface area contributed by atoms with E-state index in [0.29, 0.717) is 10.6 Å². The monoisotopic (exact) mass is 343 g/mol. The van der Waals surface area contributed by atoms with Crippen molar-refractivity contribution in [3.05, 3.63) is 75.1 Å². The molecule has 0 radical (unpaired) electrons. The van der Waals surface area contributed by atoms with Gasteiger partial charge in [0.2, 0.25) is 0 Å². The molecule has 0 amide bonds. The van der Waals surface area contributed by atoms with Gasteiger partial charge < -0.3 is 4.57 Å². The van der Waals surface area contributed by atoms with E-state index in [4.69, 9.17) is 0 Å². The van der Waals surface area contributed by atoms with Crippen molar-refractivity contribution < 1.29 is 26.3 Å². The molecule has 0 fully saturated rings. The molecular formula is C16H7F6NO. The molecule has 0 aliphatic rings. The fraction of sp³-hybridized carbons (Fsp3) is 0.0625. The summed E-state index contributed by atoms with van der Waals surface area (Å²) in [6.07, 6.45) is 0.931. The third-order valence-corrected chi connectivity index (χ3v) is 3.56. The van der Waals surface area contributed by atoms with Gasteiger partial charge in [-0.25, -0.2) is 26.3 Å². The van der Waals surface area contributed by atoms with E-state index in [0.717, 1.165) is 18.3 Å². The number of hydrogen-bond acceptors (Lipinski definition) is 1. The fourth-order valence-corrected chi connectivity index (χ4v) is 2.43. The zero-order valence-corrected chi connectivity index (χ0v) is 11.9. The van der Waals surface area contributed by atoms with Gasteiger partial charge in [-0.2, -0.15) is 0 Å². The zero-order valence-electron chi connectivity index (χ0n) is 11.9. The third kappa shape index (κ3) is 2.17. The molecule has 2 nitrogen and oxygen atoms in total. The summed E-state index contributed by atoms with van der Waals surface area (Å²) >= 11 is 0. The molecule has 3 rings (SSSR count). The summed E-state index contributed by atoms with van der Waals surface area (Å²) in [4.78, 5) is 12.0. The zero-order chi connectivity index (χ0) is 17.8. The molecule has 0 unspecified atom stereocenters. The van der Waals surface area contributed by atoms with Crippen molar-refractivity contribution in [1.82, 2.24) is 4.57 Å². The van der Waals surface area contributed by atoms with E-state index < -0.39 is 56.9 Å². The van der Waals surface area contributed by atoms with Crippen LogP contribution in [-0.2, 0) is 0 Å². The molecule has 0 aliphatic heterocycles. The Labute approximate surface area is 130 Å². The molecule has 24 heavy (non-hydrogen) atoms. The number of aryl methyl sites for hydroxylation is 1. The van der Waals surface area contributed by atoms with Gasteiger partial charge in [0.1, 0.15) is 11.6 Å². The normalized spacial score (nSPS) is 11.3. The largest absolute Gasteiger partial charge is 0.311 e. The standard InChI is InChI=1S/C16H7F6NO/c1-6-5-23(9-3-2-7(17)4-8(9)18)15-10(16(6)24)11(19)12(20)13(21)14(15)22/h2-5H,1H3. The number of halogens is 6. The summed E-state index contributed by atoms with van der Waals surface area (Å²) in [6, 6.07) is 2.21. The van der Waals surface area contributed by atoms with Crippen LogP contribution in [0.15, 0.2) is 29.2 Å². The third-order valence-electron chi connectivity index (χ3n) is 3.56. The van der Waals surface area contributed by atoms with E-state index in [1.54, 1.807) is 0 Å². The smallest absolute Gasteiger partial charge is 0.199 e. The van der Waals surface area contributed by atoms with Crippen molar-refractivity contribution in [1.29, 1.82) is 0 Å². The summed E-state index contributed by atoms with van der Waals surface area (Å²) in [6.45, 7) is 1.21. The summed E-state index contributed by atoms with van der Waals surface area (Å²) in [5, 5.41) is -1.06. The number of pyridine rings is 1. The molecule has 0 spiro atoms. The van der Waals surface area contributed by atoms with Gasteiger partial charge >= 0.3 is 0 Å². The first kappa shape index (κ1) is 16.1. The predicted octanol–water partition coefficient (Wildman–Crippen LogP) is 4.13. The summed E-state index contributed by atoms with van der Waals surface area (Å²) in [5.74, 6) is -10.1. The molecule has 1 heterocycles. The Morgan fingerprint density at radius 1 is 0.875 bits per heavy atom. The van der Waals surface area contributed by atoms with Gasteiger partial charge in [-0.15, -0.1) is 0 Å². The maximum absolute atomic E-state index is 14.2. The highest BCUT2D eigenvalue weighted by Gasteiger charge is 2.26. The highest BCUT2D eigenvalue weighted by molar-refractivity contribution is 5.83. The molecule has 8 heteroatoms. The molecule has 1 aromatic heterocycles. The molecule has 0 saturated heterocycles. The highest BCUT2D eigenvalue weighted by atomic mass is 19.2. The lowest BCUT2D eigenvalue weighted by molar-refractivity contribution is 0.416. The van der Waals surface area contributed by atoms with E-state index in [-0.39, 0.29) is 5.56 Å². The molecule has 2 aromatic carbocycles. The van der Waals surface area contributed by atoms with E-state index >= 15 is 0 Å². The van der Waals surface area contributed by atoms with Crippen molar-refractivity contribution in [3.63, 3.8) is 0 Å². The Hall–Kier alpha value is -2.77. The Balaban J connectivity index is 2.59. The van der Waals surface area contributed by atoms with Crippen LogP contribution in [0, 0.1) is 41.8 Å². The molecule has 0 atom stereocenters. The number of fused-ring (bicyclic) bond motifs is 1. The van der Waals surface area contributed by atoms with E-state index in [1.807, 2.05) is 0 Å². The van der Waals surface area contributed by atoms with Crippen molar-refractivity contribution in [2.75, 3.05) is 0 Å². The second-order valence-electron chi connectivity index (χ2n) is 5.09. The van der Waals surface area contributed by atoms with Gasteiger partial charge in [-0.05, 0) is 19.1 Å². The lowest BCUT2D eigenvalue weighted by atomic mass is 10.1. The number of benzene rings is 2. The van der Waals surface area contributed by atoms with Crippen LogP contribution < -0.4 is 5.43 Å². The molecular weight excluding hydrogens is 336 g/mol. The first-order valence-corrected chi connectivity index (χ1v) is 6.57. The SMILES string of the molecule is Cc1cn(-c2ccc(F)cc2F)c2c(F)c(F)c(F)c(F)c2c1=O. The van der Waals surface area contributed by atoms with Crippen LogP contribution in [0.3, 0.4) is 0 Å². The maximum Gasteiger partial charge on any atom is 0.199 e. The maximum atomic E-state index is 14.2. The van der Waals surface area contributed by atoms with Crippen LogP contribution in [0.2, 0.25) is 0 Å². The van der Waals surface area contributed by atoms with E-state index in [2.05, 4.69) is 0 Å². The van der Waals surface area contributed by atoms with Crippen molar-refractivity contribution >= 4 is 10.9 Å². The minimum absolute atomic E-state index is 0.171. The Bertz CT molecular complexity index is 1060. The minimum atomic E-state index is -2.14. The summed E-state index contributed by atoms with van der Waals surface area (Å²) in [5.41, 5.74) is -2.68. The second kappa shape index (κ2) is 5.40. The van der Waals surface area contributed by atoms with Crippen LogP contribution >= 0.6 is 0 Å². The van der Waals surface area contributed by atoms with E-state index in [1.165, 1.54) is 6.92 Å². The quantitative estimate of drug-likeness (QED) is 0.370. The average molecular weight is 343 g/mol. The fourth-order valence-electron chi connectivity index (χ4n) is 2.43. The predicted molar refractivity (Wildman–Crippen MR) is 74.0 cm³/mol. The van der Waals surface area contributed by atoms with Crippen LogP contribution in [0.4, 0.5) is 26.3 Å². The summed E-state index contributed by atoms with van der Waals surface area (Å²) < 4.78 is 82.8. The van der Waals surface area contributed by atoms with Crippen LogP contribution in [-0.4, -0.2) is 4.57 Å². The number of aromatic nitrogens is 1. The van der Waals surface area contributed by atoms with Gasteiger partial charge in [-0.1, -0.05) is 0 Å². The topological polar surface area (TPSA) is 22.0 Å². The van der Waals surface area contributed by atoms with Crippen LogP contribution in [0.5, 0.6) is 0 Å². The minimum Gasteiger partial charge on any atom is -0.311 e. The number of hydrogen-bond donors (Lipinski definition) is 0. The lowest BCUT2D eigenvalue weighted by Crippen LogP contribution is -2.17. The molecule has 124 valence electrons. The van der Waals surface area contributed by atoms with Crippen molar-refractivity contribution in [2.45, 2.75) is 6.92 Å². The molecule has 0 saturated carbocycles. The Morgan fingerprint density at radius 3 is 2.12 bits per heavy atom. The summed E-state index contributed by atoms with van der Waals surface area (Å²) in [7, 11) is 0. The Kier molecular flexibility index (Phi) is 3.62. The van der Waals surface area contributed by atoms with Crippen molar-refractivity contribution in [3.8, 4) is 5.69 Å². The molecule has 0 aliphatic carbocycles. The second-order valence-corrected chi connectivity index (χ2v) is 5.09. The molecule has 0 bridgehead atoms. The van der Waals surface area contributed by atoms with E-state index in [9.17, 15) is 31.1 Å². The van der Waals surface area contributed by atoms with Crippen molar-refractivity contribution in [2.24, 2.45) is 0 Å². The van der Waals surface area contributed by atoms with Crippen LogP contribution in [0.25, 0.3) is 16.6 Å². The molecule has 0 N–H and O–H groups in total. The van der Waals surface area contributed by atoms with Gasteiger partial charge in [-0.3, -0.25) is 4.79 Å². The van der Waals surface area contributed by atoms with Gasteiger partial charge in [0.05, 0.1) is 16.6 Å². The first-order valence-electron chi connectivity index (χ1n) is 6.57. The van der Waals surface area contributed by atoms with Gasteiger partial charge in [0.15, 0.2) is 28.7 Å². The average Bonchev–Trinajstić information content (AvgIpc) is 2.53. The van der Waals surface area contributed by atoms with Gasteiger partial charge in [0.25, 0.3) is 0 Å². The number of nitrogens with zero attached hydrogens (tertiary/aromatic N) is 1. The number of rotatable bonds is 1. The lowest BCUT2D eigenvalue weighted by Gasteiger charge is -2.15. The molecule has 3 aromatic rings. The van der Waals surface area contributed by atoms with Crippen LogP contribution in [0.1, 0.15) is 5.56 Å².